The lowest BCUT2D eigenvalue weighted by atomic mass is 9.92. The Hall–Kier alpha value is -1.85. The second kappa shape index (κ2) is 5.03. The van der Waals surface area contributed by atoms with Crippen molar-refractivity contribution in [2.75, 3.05) is 24.6 Å². The van der Waals surface area contributed by atoms with Gasteiger partial charge in [0.15, 0.2) is 0 Å². The molecule has 1 aromatic heterocycles. The van der Waals surface area contributed by atoms with Crippen LogP contribution in [0.5, 0.6) is 0 Å². The number of anilines is 2. The number of nitrogens with one attached hydrogen (secondary N) is 2. The number of carbonyl (C=O) groups excluding carboxylic acids is 1. The summed E-state index contributed by atoms with van der Waals surface area (Å²) in [6, 6.07) is 1.70. The third kappa shape index (κ3) is 3.33. The molecule has 104 valence electrons. The zero-order valence-corrected chi connectivity index (χ0v) is 11.7. The summed E-state index contributed by atoms with van der Waals surface area (Å²) in [7, 11) is 1.64. The summed E-state index contributed by atoms with van der Waals surface area (Å²) in [5, 5.41) is 5.83. The Morgan fingerprint density at radius 1 is 1.47 bits per heavy atom. The van der Waals surface area contributed by atoms with Gasteiger partial charge in [0.2, 0.25) is 5.91 Å². The minimum absolute atomic E-state index is 0.00977. The molecule has 1 aromatic rings. The monoisotopic (exact) mass is 263 g/mol. The van der Waals surface area contributed by atoms with Crippen LogP contribution < -0.4 is 16.4 Å². The van der Waals surface area contributed by atoms with Crippen molar-refractivity contribution in [2.45, 2.75) is 32.6 Å². The molecule has 0 spiro atoms. The lowest BCUT2D eigenvalue weighted by Crippen LogP contribution is -2.39. The van der Waals surface area contributed by atoms with Crippen molar-refractivity contribution in [1.82, 2.24) is 15.3 Å². The van der Waals surface area contributed by atoms with Gasteiger partial charge in [-0.15, -0.1) is 0 Å². The fraction of sp³-hybridized carbons (Fsp3) is 0.615. The number of rotatable bonds is 5. The molecule has 0 bridgehead atoms. The molecule has 1 amide bonds. The number of nitrogens with zero attached hydrogens (tertiary/aromatic N) is 2. The predicted molar refractivity (Wildman–Crippen MR) is 74.8 cm³/mol. The summed E-state index contributed by atoms with van der Waals surface area (Å²) in [5.41, 5.74) is 5.27. The largest absolute Gasteiger partial charge is 0.384 e. The first-order chi connectivity index (χ1) is 8.92. The van der Waals surface area contributed by atoms with E-state index in [-0.39, 0.29) is 5.91 Å². The zero-order valence-electron chi connectivity index (χ0n) is 11.7. The predicted octanol–water partition coefficient (Wildman–Crippen LogP) is 1.12. The van der Waals surface area contributed by atoms with E-state index in [2.05, 4.69) is 20.6 Å². The van der Waals surface area contributed by atoms with Crippen LogP contribution >= 0.6 is 0 Å². The molecule has 0 saturated heterocycles. The summed E-state index contributed by atoms with van der Waals surface area (Å²) in [5.74, 6) is 2.41. The van der Waals surface area contributed by atoms with Crippen molar-refractivity contribution in [1.29, 1.82) is 0 Å². The molecule has 0 aromatic carbocycles. The molecule has 6 heteroatoms. The van der Waals surface area contributed by atoms with Crippen LogP contribution in [0.3, 0.4) is 0 Å². The minimum atomic E-state index is -0.506. The van der Waals surface area contributed by atoms with Gasteiger partial charge in [-0.2, -0.15) is 0 Å². The molecule has 0 unspecified atom stereocenters. The Kier molecular flexibility index (Phi) is 3.59. The number of aromatic nitrogens is 2. The van der Waals surface area contributed by atoms with Crippen molar-refractivity contribution >= 4 is 17.5 Å². The Balaban J connectivity index is 2.05. The normalized spacial score (nSPS) is 15.1. The maximum Gasteiger partial charge on any atom is 0.227 e. The van der Waals surface area contributed by atoms with Crippen LogP contribution in [-0.4, -0.2) is 29.5 Å². The number of hydrogen-bond donors (Lipinski definition) is 3. The van der Waals surface area contributed by atoms with Gasteiger partial charge in [0.1, 0.15) is 17.5 Å². The molecule has 4 N–H and O–H groups in total. The number of carbonyl (C=O) groups is 1. The standard InChI is InChI=1S/C13H21N5O/c1-13(2,12(19)15-3)7-16-10-6-9(14)17-11(18-10)8-4-5-8/h6,8H,4-5,7H2,1-3H3,(H,15,19)(H3,14,16,17,18). The SMILES string of the molecule is CNC(=O)C(C)(C)CNc1cc(N)nc(C2CC2)n1. The Morgan fingerprint density at radius 3 is 2.74 bits per heavy atom. The van der Waals surface area contributed by atoms with Crippen molar-refractivity contribution in [3.05, 3.63) is 11.9 Å². The smallest absolute Gasteiger partial charge is 0.227 e. The first-order valence-corrected chi connectivity index (χ1v) is 6.53. The molecule has 19 heavy (non-hydrogen) atoms. The maximum absolute atomic E-state index is 11.7. The summed E-state index contributed by atoms with van der Waals surface area (Å²) >= 11 is 0. The van der Waals surface area contributed by atoms with Gasteiger partial charge in [-0.1, -0.05) is 0 Å². The van der Waals surface area contributed by atoms with Crippen LogP contribution in [0.4, 0.5) is 11.6 Å². The Bertz CT molecular complexity index is 482. The third-order valence-electron chi connectivity index (χ3n) is 3.26. The van der Waals surface area contributed by atoms with Gasteiger partial charge in [0, 0.05) is 25.6 Å². The highest BCUT2D eigenvalue weighted by atomic mass is 16.2. The molecule has 0 radical (unpaired) electrons. The molecular formula is C13H21N5O. The number of hydrogen-bond acceptors (Lipinski definition) is 5. The van der Waals surface area contributed by atoms with Gasteiger partial charge < -0.3 is 16.4 Å². The molecule has 1 saturated carbocycles. The highest BCUT2D eigenvalue weighted by Gasteiger charge is 2.28. The molecular weight excluding hydrogens is 242 g/mol. The fourth-order valence-electron chi connectivity index (χ4n) is 1.83. The highest BCUT2D eigenvalue weighted by Crippen LogP contribution is 2.38. The van der Waals surface area contributed by atoms with E-state index in [9.17, 15) is 4.79 Å². The van der Waals surface area contributed by atoms with Gasteiger partial charge in [-0.3, -0.25) is 4.79 Å². The second-order valence-corrected chi connectivity index (χ2v) is 5.63. The molecule has 1 fully saturated rings. The molecule has 1 aliphatic carbocycles. The van der Waals surface area contributed by atoms with E-state index in [0.29, 0.717) is 24.1 Å². The van der Waals surface area contributed by atoms with Gasteiger partial charge in [0.25, 0.3) is 0 Å². The zero-order chi connectivity index (χ0) is 14.0. The third-order valence-corrected chi connectivity index (χ3v) is 3.26. The van der Waals surface area contributed by atoms with Gasteiger partial charge in [0.05, 0.1) is 5.41 Å². The van der Waals surface area contributed by atoms with Gasteiger partial charge in [-0.25, -0.2) is 9.97 Å². The van der Waals surface area contributed by atoms with Crippen molar-refractivity contribution in [2.24, 2.45) is 5.41 Å². The van der Waals surface area contributed by atoms with E-state index in [1.165, 1.54) is 0 Å². The summed E-state index contributed by atoms with van der Waals surface area (Å²) in [4.78, 5) is 20.4. The van der Waals surface area contributed by atoms with E-state index in [4.69, 9.17) is 5.73 Å². The lowest BCUT2D eigenvalue weighted by Gasteiger charge is -2.23. The molecule has 0 aliphatic heterocycles. The fourth-order valence-corrected chi connectivity index (χ4v) is 1.83. The average molecular weight is 263 g/mol. The molecule has 1 aliphatic rings. The number of amides is 1. The van der Waals surface area contributed by atoms with E-state index >= 15 is 0 Å². The Morgan fingerprint density at radius 2 is 2.16 bits per heavy atom. The first-order valence-electron chi connectivity index (χ1n) is 6.53. The van der Waals surface area contributed by atoms with E-state index in [0.717, 1.165) is 18.7 Å². The molecule has 6 nitrogen and oxygen atoms in total. The van der Waals surface area contributed by atoms with E-state index in [1.807, 2.05) is 13.8 Å². The number of nitrogens with two attached hydrogens (primary N) is 1. The summed E-state index contributed by atoms with van der Waals surface area (Å²) in [6.45, 7) is 4.25. The van der Waals surface area contributed by atoms with Crippen LogP contribution in [0.25, 0.3) is 0 Å². The van der Waals surface area contributed by atoms with Crippen LogP contribution in [0.15, 0.2) is 6.07 Å². The highest BCUT2D eigenvalue weighted by molar-refractivity contribution is 5.82. The summed E-state index contributed by atoms with van der Waals surface area (Å²) in [6.07, 6.45) is 2.26. The van der Waals surface area contributed by atoms with Crippen LogP contribution in [0.1, 0.15) is 38.4 Å². The van der Waals surface area contributed by atoms with E-state index in [1.54, 1.807) is 13.1 Å². The van der Waals surface area contributed by atoms with Gasteiger partial charge in [-0.05, 0) is 26.7 Å². The quantitative estimate of drug-likeness (QED) is 0.740. The molecule has 0 atom stereocenters. The van der Waals surface area contributed by atoms with Crippen molar-refractivity contribution in [3.8, 4) is 0 Å². The maximum atomic E-state index is 11.7. The van der Waals surface area contributed by atoms with Crippen LogP contribution in [0.2, 0.25) is 0 Å². The molecule has 1 heterocycles. The number of nitrogen functional groups attached to an aromatic ring is 1. The van der Waals surface area contributed by atoms with Crippen molar-refractivity contribution < 1.29 is 4.79 Å². The Labute approximate surface area is 113 Å². The first kappa shape index (κ1) is 13.6. The second-order valence-electron chi connectivity index (χ2n) is 5.63. The van der Waals surface area contributed by atoms with Crippen LogP contribution in [-0.2, 0) is 4.79 Å². The van der Waals surface area contributed by atoms with E-state index < -0.39 is 5.41 Å². The average Bonchev–Trinajstić information content (AvgIpc) is 3.19. The topological polar surface area (TPSA) is 92.9 Å². The van der Waals surface area contributed by atoms with Gasteiger partial charge >= 0.3 is 0 Å². The minimum Gasteiger partial charge on any atom is -0.384 e. The summed E-state index contributed by atoms with van der Waals surface area (Å²) < 4.78 is 0. The lowest BCUT2D eigenvalue weighted by molar-refractivity contribution is -0.128. The van der Waals surface area contributed by atoms with Crippen LogP contribution in [0, 0.1) is 5.41 Å². The molecule has 2 rings (SSSR count). The van der Waals surface area contributed by atoms with Crippen molar-refractivity contribution in [3.63, 3.8) is 0 Å².